The monoisotopic (exact) mass is 334 g/mol. The van der Waals surface area contributed by atoms with Gasteiger partial charge in [0.25, 0.3) is 0 Å². The van der Waals surface area contributed by atoms with Crippen LogP contribution in [0.3, 0.4) is 0 Å². The molecule has 0 spiro atoms. The molecule has 6 heteroatoms. The summed E-state index contributed by atoms with van der Waals surface area (Å²) in [5.74, 6) is 2.40. The fraction of sp³-hybridized carbons (Fsp3) is 0.588. The van der Waals surface area contributed by atoms with Crippen LogP contribution in [0.2, 0.25) is 0 Å². The third-order valence-electron chi connectivity index (χ3n) is 5.03. The summed E-state index contributed by atoms with van der Waals surface area (Å²) >= 11 is 0. The van der Waals surface area contributed by atoms with Crippen LogP contribution in [0.25, 0.3) is 11.1 Å². The van der Waals surface area contributed by atoms with E-state index in [9.17, 15) is 8.42 Å². The van der Waals surface area contributed by atoms with Crippen molar-refractivity contribution in [1.82, 2.24) is 4.98 Å². The molecule has 4 rings (SSSR count). The normalized spacial score (nSPS) is 23.0. The van der Waals surface area contributed by atoms with Crippen molar-refractivity contribution in [2.24, 2.45) is 5.92 Å². The molecule has 5 nitrogen and oxygen atoms in total. The fourth-order valence-corrected chi connectivity index (χ4v) is 4.85. The van der Waals surface area contributed by atoms with Gasteiger partial charge in [0.15, 0.2) is 11.5 Å². The highest BCUT2D eigenvalue weighted by Gasteiger charge is 2.29. The third-order valence-corrected chi connectivity index (χ3v) is 6.75. The number of aromatic nitrogens is 1. The number of rotatable bonds is 4. The molecule has 0 unspecified atom stereocenters. The van der Waals surface area contributed by atoms with Gasteiger partial charge in [-0.05, 0) is 50.7 Å². The predicted molar refractivity (Wildman–Crippen MR) is 90.4 cm³/mol. The van der Waals surface area contributed by atoms with E-state index in [0.717, 1.165) is 35.5 Å². The topological polar surface area (TPSA) is 72.2 Å². The Hall–Kier alpha value is -1.56. The first-order valence-electron chi connectivity index (χ1n) is 8.38. The number of hydrogen-bond donors (Lipinski definition) is 1. The second kappa shape index (κ2) is 5.51. The van der Waals surface area contributed by atoms with E-state index in [2.05, 4.69) is 17.2 Å². The molecule has 2 fully saturated rings. The van der Waals surface area contributed by atoms with Gasteiger partial charge in [-0.15, -0.1) is 0 Å². The van der Waals surface area contributed by atoms with Crippen LogP contribution in [0, 0.1) is 5.92 Å². The SMILES string of the molecule is C[C@H](Nc1ccc2nc(C3CC3)oc2c1)C1CCS(=O)(=O)CC1. The van der Waals surface area contributed by atoms with E-state index in [1.54, 1.807) is 0 Å². The molecule has 1 aliphatic heterocycles. The molecule has 2 heterocycles. The Morgan fingerprint density at radius 1 is 1.22 bits per heavy atom. The summed E-state index contributed by atoms with van der Waals surface area (Å²) in [6.07, 6.45) is 3.85. The highest BCUT2D eigenvalue weighted by molar-refractivity contribution is 7.91. The number of nitrogens with zero attached hydrogens (tertiary/aromatic N) is 1. The van der Waals surface area contributed by atoms with Crippen molar-refractivity contribution in [3.05, 3.63) is 24.1 Å². The molecule has 2 aromatic rings. The standard InChI is InChI=1S/C17H22N2O3S/c1-11(12-6-8-23(20,21)9-7-12)18-14-4-5-15-16(10-14)22-17(19-15)13-2-3-13/h4-5,10-13,18H,2-3,6-9H2,1H3/t11-/m0/s1. The lowest BCUT2D eigenvalue weighted by Crippen LogP contribution is -2.33. The lowest BCUT2D eigenvalue weighted by atomic mass is 9.95. The van der Waals surface area contributed by atoms with Gasteiger partial charge in [-0.25, -0.2) is 13.4 Å². The maximum Gasteiger partial charge on any atom is 0.198 e. The summed E-state index contributed by atoms with van der Waals surface area (Å²) in [6.45, 7) is 2.13. The molecular weight excluding hydrogens is 312 g/mol. The summed E-state index contributed by atoms with van der Waals surface area (Å²) in [5, 5.41) is 3.50. The van der Waals surface area contributed by atoms with Crippen LogP contribution >= 0.6 is 0 Å². The van der Waals surface area contributed by atoms with Crippen LogP contribution in [0.15, 0.2) is 22.6 Å². The Morgan fingerprint density at radius 2 is 1.96 bits per heavy atom. The summed E-state index contributed by atoms with van der Waals surface area (Å²) in [6, 6.07) is 6.27. The van der Waals surface area contributed by atoms with E-state index < -0.39 is 9.84 Å². The van der Waals surface area contributed by atoms with Gasteiger partial charge in [-0.2, -0.15) is 0 Å². The van der Waals surface area contributed by atoms with E-state index in [1.807, 2.05) is 18.2 Å². The minimum absolute atomic E-state index is 0.244. The molecule has 0 bridgehead atoms. The third kappa shape index (κ3) is 3.22. The molecule has 1 aliphatic carbocycles. The summed E-state index contributed by atoms with van der Waals surface area (Å²) in [5.41, 5.74) is 2.75. The Kier molecular flexibility index (Phi) is 3.59. The molecule has 1 aromatic carbocycles. The predicted octanol–water partition coefficient (Wildman–Crippen LogP) is 3.33. The zero-order valence-electron chi connectivity index (χ0n) is 13.3. The second-order valence-electron chi connectivity index (χ2n) is 6.93. The zero-order valence-corrected chi connectivity index (χ0v) is 14.1. The molecule has 0 radical (unpaired) electrons. The lowest BCUT2D eigenvalue weighted by Gasteiger charge is -2.28. The average Bonchev–Trinajstić information content (AvgIpc) is 3.27. The molecule has 1 saturated heterocycles. The smallest absolute Gasteiger partial charge is 0.198 e. The van der Waals surface area contributed by atoms with Crippen LogP contribution in [0.4, 0.5) is 5.69 Å². The number of benzene rings is 1. The molecule has 1 atom stereocenters. The Labute approximate surface area is 136 Å². The Balaban J connectivity index is 1.46. The van der Waals surface area contributed by atoms with E-state index in [1.165, 1.54) is 12.8 Å². The van der Waals surface area contributed by atoms with Gasteiger partial charge in [0.2, 0.25) is 0 Å². The maximum absolute atomic E-state index is 11.5. The van der Waals surface area contributed by atoms with E-state index >= 15 is 0 Å². The first-order valence-corrected chi connectivity index (χ1v) is 10.2. The van der Waals surface area contributed by atoms with Gasteiger partial charge in [-0.3, -0.25) is 0 Å². The van der Waals surface area contributed by atoms with Gasteiger partial charge in [0, 0.05) is 23.7 Å². The number of nitrogens with one attached hydrogen (secondary N) is 1. The fourth-order valence-electron chi connectivity index (χ4n) is 3.33. The molecule has 124 valence electrons. The van der Waals surface area contributed by atoms with Gasteiger partial charge >= 0.3 is 0 Å². The lowest BCUT2D eigenvalue weighted by molar-refractivity contribution is 0.420. The highest BCUT2D eigenvalue weighted by Crippen LogP contribution is 2.40. The van der Waals surface area contributed by atoms with Crippen LogP contribution in [0.5, 0.6) is 0 Å². The Morgan fingerprint density at radius 3 is 2.65 bits per heavy atom. The number of oxazole rings is 1. The van der Waals surface area contributed by atoms with Crippen molar-refractivity contribution in [3.8, 4) is 0 Å². The van der Waals surface area contributed by atoms with E-state index in [4.69, 9.17) is 4.42 Å². The van der Waals surface area contributed by atoms with Gasteiger partial charge in [-0.1, -0.05) is 0 Å². The van der Waals surface area contributed by atoms with Crippen LogP contribution in [-0.2, 0) is 9.84 Å². The summed E-state index contributed by atoms with van der Waals surface area (Å²) < 4.78 is 28.9. The van der Waals surface area contributed by atoms with Crippen LogP contribution < -0.4 is 5.32 Å². The average molecular weight is 334 g/mol. The second-order valence-corrected chi connectivity index (χ2v) is 9.23. The van der Waals surface area contributed by atoms with Gasteiger partial charge in [0.1, 0.15) is 15.4 Å². The minimum Gasteiger partial charge on any atom is -0.440 e. The number of anilines is 1. The maximum atomic E-state index is 11.5. The summed E-state index contributed by atoms with van der Waals surface area (Å²) in [4.78, 5) is 4.54. The number of hydrogen-bond acceptors (Lipinski definition) is 5. The largest absolute Gasteiger partial charge is 0.440 e. The van der Waals surface area contributed by atoms with Crippen LogP contribution in [-0.4, -0.2) is 30.9 Å². The molecule has 1 N–H and O–H groups in total. The molecule has 1 aromatic heterocycles. The molecule has 1 saturated carbocycles. The van der Waals surface area contributed by atoms with E-state index in [-0.39, 0.29) is 6.04 Å². The summed E-state index contributed by atoms with van der Waals surface area (Å²) in [7, 11) is -2.80. The van der Waals surface area contributed by atoms with E-state index in [0.29, 0.717) is 23.3 Å². The molecular formula is C17H22N2O3S. The van der Waals surface area contributed by atoms with Crippen molar-refractivity contribution in [3.63, 3.8) is 0 Å². The van der Waals surface area contributed by atoms with Crippen molar-refractivity contribution in [2.75, 3.05) is 16.8 Å². The zero-order chi connectivity index (χ0) is 16.0. The van der Waals surface area contributed by atoms with Crippen molar-refractivity contribution in [2.45, 2.75) is 44.6 Å². The number of sulfone groups is 1. The molecule has 0 amide bonds. The van der Waals surface area contributed by atoms with Gasteiger partial charge < -0.3 is 9.73 Å². The van der Waals surface area contributed by atoms with Crippen LogP contribution in [0.1, 0.15) is 44.4 Å². The van der Waals surface area contributed by atoms with Crippen molar-refractivity contribution in [1.29, 1.82) is 0 Å². The quantitative estimate of drug-likeness (QED) is 0.928. The first-order chi connectivity index (χ1) is 11.0. The highest BCUT2D eigenvalue weighted by atomic mass is 32.2. The molecule has 2 aliphatic rings. The van der Waals surface area contributed by atoms with Crippen molar-refractivity contribution >= 4 is 26.6 Å². The minimum atomic E-state index is -2.80. The first kappa shape index (κ1) is 15.0. The molecule has 23 heavy (non-hydrogen) atoms. The van der Waals surface area contributed by atoms with Gasteiger partial charge in [0.05, 0.1) is 11.5 Å². The van der Waals surface area contributed by atoms with Crippen molar-refractivity contribution < 1.29 is 12.8 Å². The number of fused-ring (bicyclic) bond motifs is 1. The Bertz CT molecular complexity index is 809.